The smallest absolute Gasteiger partial charge is 0.251 e. The van der Waals surface area contributed by atoms with E-state index in [0.717, 1.165) is 58.0 Å². The topological polar surface area (TPSA) is 237 Å². The van der Waals surface area contributed by atoms with Gasteiger partial charge in [-0.15, -0.1) is 21.5 Å². The quantitative estimate of drug-likeness (QED) is 0.0361. The lowest BCUT2D eigenvalue weighted by atomic mass is 9.85. The lowest BCUT2D eigenvalue weighted by Gasteiger charge is -2.35. The van der Waals surface area contributed by atoms with Gasteiger partial charge in [0, 0.05) is 63.8 Å². The summed E-state index contributed by atoms with van der Waals surface area (Å²) in [6.07, 6.45) is 5.63. The number of carbonyl (C=O) groups is 4. The van der Waals surface area contributed by atoms with Crippen molar-refractivity contribution in [2.24, 2.45) is 12.5 Å². The number of β-amino-alcohol motifs (C(OH)–C–C–N with tert-alkyl or cyclic N) is 1. The normalized spacial score (nSPS) is 15.3. The zero-order chi connectivity index (χ0) is 53.3. The van der Waals surface area contributed by atoms with Crippen LogP contribution in [0.1, 0.15) is 98.8 Å². The van der Waals surface area contributed by atoms with Gasteiger partial charge in [-0.3, -0.25) is 19.2 Å². The third-order valence-electron chi connectivity index (χ3n) is 12.8. The molecule has 0 unspecified atom stereocenters. The minimum atomic E-state index is -0.947. The lowest BCUT2D eigenvalue weighted by Crippen LogP contribution is -2.58. The highest BCUT2D eigenvalue weighted by Gasteiger charge is 2.44. The maximum absolute atomic E-state index is 14.0. The standard InChI is InChI=1S/C55H69N11O8S/c1-36(61-52(69)41-12-10-13-42(28-41)57-31-47-63-64-51(65(47)6)45-22-23-56-34-59-45)39-18-20-44(21-19-39)74-27-9-7-8-24-72-25-11-26-73-33-48(68)62-50(55(3,4)5)54(71)66-32-43(67)29-46(66)53(70)58-30-38-14-16-40(17-15-38)49-37(2)60-35-75-49/h10,12-23,28,34-36,43,46,50,57,67H,7-9,11,24-27,29-33H2,1-6H3,(H,58,70)(H,61,69)(H,62,68)/t36-,43-,46+,50-/m1/s1. The fourth-order valence-electron chi connectivity index (χ4n) is 8.51. The highest BCUT2D eigenvalue weighted by Crippen LogP contribution is 2.29. The van der Waals surface area contributed by atoms with Crippen LogP contribution >= 0.6 is 11.3 Å². The SMILES string of the molecule is Cc1ncsc1-c1ccc(CNC(=O)[C@@H]2C[C@@H](O)CN2C(=O)[C@@H](NC(=O)COCCCOCCCCCOc2ccc([C@@H](C)NC(=O)c3cccc(NCc4nnc(-c5ccncn5)n4C)c3)cc2)C(C)(C)C)cc1. The molecule has 0 bridgehead atoms. The average molecular weight is 1040 g/mol. The molecule has 1 aliphatic rings. The Balaban J connectivity index is 0.725. The van der Waals surface area contributed by atoms with Gasteiger partial charge >= 0.3 is 0 Å². The second-order valence-electron chi connectivity index (χ2n) is 19.7. The number of hydrogen-bond acceptors (Lipinski definition) is 15. The molecule has 0 aliphatic carbocycles. The Morgan fingerprint density at radius 2 is 1.63 bits per heavy atom. The van der Waals surface area contributed by atoms with Crippen LogP contribution in [0, 0.1) is 12.3 Å². The first-order chi connectivity index (χ1) is 36.1. The molecule has 75 heavy (non-hydrogen) atoms. The largest absolute Gasteiger partial charge is 0.494 e. The summed E-state index contributed by atoms with van der Waals surface area (Å²) in [6.45, 7) is 11.8. The van der Waals surface area contributed by atoms with E-state index in [1.807, 2.05) is 118 Å². The number of nitrogens with zero attached hydrogens (tertiary/aromatic N) is 7. The van der Waals surface area contributed by atoms with Crippen molar-refractivity contribution in [2.75, 3.05) is 44.9 Å². The zero-order valence-corrected chi connectivity index (χ0v) is 44.4. The second kappa shape index (κ2) is 26.9. The molecule has 1 saturated heterocycles. The summed E-state index contributed by atoms with van der Waals surface area (Å²) in [6, 6.07) is 22.7. The highest BCUT2D eigenvalue weighted by atomic mass is 32.1. The maximum Gasteiger partial charge on any atom is 0.251 e. The molecule has 398 valence electrons. The van der Waals surface area contributed by atoms with Crippen molar-refractivity contribution >= 4 is 40.7 Å². The first kappa shape index (κ1) is 55.6. The molecule has 0 spiro atoms. The van der Waals surface area contributed by atoms with Gasteiger partial charge in [-0.05, 0) is 98.0 Å². The van der Waals surface area contributed by atoms with Gasteiger partial charge in [0.25, 0.3) is 5.91 Å². The molecule has 1 fully saturated rings. The molecule has 3 aromatic carbocycles. The summed E-state index contributed by atoms with van der Waals surface area (Å²) in [5.74, 6) is 0.678. The number of unbranched alkanes of at least 4 members (excludes halogenated alkanes) is 2. The molecular weight excluding hydrogens is 975 g/mol. The van der Waals surface area contributed by atoms with Crippen LogP contribution < -0.4 is 26.0 Å². The number of aliphatic hydroxyl groups excluding tert-OH is 1. The van der Waals surface area contributed by atoms with E-state index in [4.69, 9.17) is 14.2 Å². The predicted octanol–water partition coefficient (Wildman–Crippen LogP) is 6.59. The Morgan fingerprint density at radius 1 is 0.867 bits per heavy atom. The van der Waals surface area contributed by atoms with Crippen LogP contribution in [0.5, 0.6) is 5.75 Å². The first-order valence-electron chi connectivity index (χ1n) is 25.4. The number of aryl methyl sites for hydroxylation is 1. The Labute approximate surface area is 442 Å². The van der Waals surface area contributed by atoms with Crippen molar-refractivity contribution in [2.45, 2.75) is 104 Å². The molecule has 4 amide bonds. The number of carbonyl (C=O) groups excluding carboxylic acids is 4. The van der Waals surface area contributed by atoms with E-state index >= 15 is 0 Å². The summed E-state index contributed by atoms with van der Waals surface area (Å²) in [4.78, 5) is 68.7. The minimum absolute atomic E-state index is 0.00790. The van der Waals surface area contributed by atoms with Crippen LogP contribution in [0.15, 0.2) is 96.9 Å². The van der Waals surface area contributed by atoms with Crippen LogP contribution in [-0.4, -0.2) is 121 Å². The Morgan fingerprint density at radius 3 is 2.36 bits per heavy atom. The van der Waals surface area contributed by atoms with E-state index in [1.54, 1.807) is 29.7 Å². The van der Waals surface area contributed by atoms with Crippen LogP contribution in [0.25, 0.3) is 22.0 Å². The fourth-order valence-corrected chi connectivity index (χ4v) is 9.33. The van der Waals surface area contributed by atoms with Gasteiger partial charge in [0.1, 0.15) is 36.5 Å². The van der Waals surface area contributed by atoms with Crippen LogP contribution in [-0.2, 0) is 44.0 Å². The van der Waals surface area contributed by atoms with Gasteiger partial charge in [0.15, 0.2) is 11.6 Å². The zero-order valence-electron chi connectivity index (χ0n) is 43.6. The molecule has 3 aromatic heterocycles. The number of aromatic nitrogens is 6. The predicted molar refractivity (Wildman–Crippen MR) is 285 cm³/mol. The molecule has 0 saturated carbocycles. The molecule has 20 heteroatoms. The van der Waals surface area contributed by atoms with Crippen molar-refractivity contribution < 1.29 is 38.5 Å². The number of hydrogen-bond donors (Lipinski definition) is 5. The Hall–Kier alpha value is -7.13. The third-order valence-corrected chi connectivity index (χ3v) is 13.8. The summed E-state index contributed by atoms with van der Waals surface area (Å²) in [7, 11) is 1.88. The number of amides is 4. The Bertz CT molecular complexity index is 2800. The van der Waals surface area contributed by atoms with Gasteiger partial charge in [-0.2, -0.15) is 0 Å². The summed E-state index contributed by atoms with van der Waals surface area (Å²) in [5.41, 5.74) is 6.98. The molecule has 4 heterocycles. The molecule has 6 aromatic rings. The lowest BCUT2D eigenvalue weighted by molar-refractivity contribution is -0.144. The van der Waals surface area contributed by atoms with Crippen LogP contribution in [0.2, 0.25) is 0 Å². The summed E-state index contributed by atoms with van der Waals surface area (Å²) in [5, 5.41) is 31.3. The van der Waals surface area contributed by atoms with E-state index in [0.29, 0.717) is 62.3 Å². The van der Waals surface area contributed by atoms with E-state index in [2.05, 4.69) is 46.4 Å². The van der Waals surface area contributed by atoms with Crippen molar-refractivity contribution in [1.82, 2.24) is 50.6 Å². The number of thiazole rings is 1. The van der Waals surface area contributed by atoms with Crippen molar-refractivity contribution in [3.63, 3.8) is 0 Å². The van der Waals surface area contributed by atoms with Gasteiger partial charge in [0.05, 0.1) is 41.4 Å². The molecule has 1 aliphatic heterocycles. The number of anilines is 1. The summed E-state index contributed by atoms with van der Waals surface area (Å²) >= 11 is 1.57. The number of nitrogens with one attached hydrogen (secondary N) is 4. The van der Waals surface area contributed by atoms with E-state index in [-0.39, 0.29) is 44.0 Å². The molecule has 5 N–H and O–H groups in total. The van der Waals surface area contributed by atoms with Gasteiger partial charge in [-0.25, -0.2) is 15.0 Å². The number of rotatable bonds is 26. The Kier molecular flexibility index (Phi) is 19.9. The molecule has 19 nitrogen and oxygen atoms in total. The number of likely N-dealkylation sites (tertiary alicyclic amines) is 1. The van der Waals surface area contributed by atoms with Crippen molar-refractivity contribution in [3.05, 3.63) is 125 Å². The number of ether oxygens (including phenoxy) is 3. The van der Waals surface area contributed by atoms with E-state index in [1.165, 1.54) is 11.2 Å². The third kappa shape index (κ3) is 15.9. The van der Waals surface area contributed by atoms with Crippen molar-refractivity contribution in [1.29, 1.82) is 0 Å². The highest BCUT2D eigenvalue weighted by molar-refractivity contribution is 7.13. The maximum atomic E-state index is 14.0. The van der Waals surface area contributed by atoms with E-state index < -0.39 is 35.4 Å². The van der Waals surface area contributed by atoms with Gasteiger partial charge in [-0.1, -0.05) is 63.2 Å². The fraction of sp³-hybridized carbons (Fsp3) is 0.436. The molecule has 4 atom stereocenters. The van der Waals surface area contributed by atoms with Gasteiger partial charge < -0.3 is 50.1 Å². The summed E-state index contributed by atoms with van der Waals surface area (Å²) < 4.78 is 19.2. The van der Waals surface area contributed by atoms with Crippen LogP contribution in [0.4, 0.5) is 5.69 Å². The average Bonchev–Trinajstić information content (AvgIpc) is 4.14. The number of aliphatic hydroxyl groups is 1. The van der Waals surface area contributed by atoms with Gasteiger partial charge in [0.2, 0.25) is 17.7 Å². The molecular formula is C55H69N11O8S. The van der Waals surface area contributed by atoms with Crippen molar-refractivity contribution in [3.8, 4) is 27.7 Å². The second-order valence-corrected chi connectivity index (χ2v) is 20.5. The molecule has 0 radical (unpaired) electrons. The molecule has 7 rings (SSSR count). The number of benzene rings is 3. The van der Waals surface area contributed by atoms with Crippen LogP contribution in [0.3, 0.4) is 0 Å². The minimum Gasteiger partial charge on any atom is -0.494 e. The van der Waals surface area contributed by atoms with E-state index in [9.17, 15) is 24.3 Å². The monoisotopic (exact) mass is 1040 g/mol. The first-order valence-corrected chi connectivity index (χ1v) is 26.2.